The molecule has 0 atom stereocenters. The van der Waals surface area contributed by atoms with Crippen molar-refractivity contribution in [2.45, 2.75) is 33.2 Å². The smallest absolute Gasteiger partial charge is 0.294 e. The molecule has 182 valence electrons. The number of amides is 3. The third-order valence-electron chi connectivity index (χ3n) is 6.00. The van der Waals surface area contributed by atoms with Crippen molar-refractivity contribution < 1.29 is 23.2 Å². The lowest BCUT2D eigenvalue weighted by Crippen LogP contribution is -2.45. The normalized spacial score (nSPS) is 18.1. The van der Waals surface area contributed by atoms with Crippen molar-refractivity contribution in [1.29, 1.82) is 0 Å². The maximum absolute atomic E-state index is 15.1. The standard InChI is InChI=1S/C26H25F2N3O3S/c1-5-31-21-12-20(28)16(10-19(21)15(2)13-26(31,3)4)11-22-24(33)30(25(34)35-22)14-23(32)29-18-8-6-17(27)7-9-18/h6-13H,5,14H2,1-4H3,(H,29,32)/b22-11+. The molecule has 6 nitrogen and oxygen atoms in total. The SMILES string of the molecule is CCN1c2cc(F)c(/C=C3/SC(=O)N(CC(=O)Nc4ccc(F)cc4)C3=O)cc2C(C)=CC1(C)C. The van der Waals surface area contributed by atoms with Crippen LogP contribution in [0, 0.1) is 11.6 Å². The van der Waals surface area contributed by atoms with Gasteiger partial charge < -0.3 is 10.2 Å². The molecule has 1 N–H and O–H groups in total. The van der Waals surface area contributed by atoms with Gasteiger partial charge in [-0.25, -0.2) is 8.78 Å². The molecule has 35 heavy (non-hydrogen) atoms. The number of halogens is 2. The molecular formula is C26H25F2N3O3S. The molecule has 1 fully saturated rings. The van der Waals surface area contributed by atoms with E-state index in [1.807, 2.05) is 13.8 Å². The van der Waals surface area contributed by atoms with Gasteiger partial charge in [-0.1, -0.05) is 6.08 Å². The first-order valence-electron chi connectivity index (χ1n) is 11.1. The van der Waals surface area contributed by atoms with Gasteiger partial charge in [0, 0.05) is 29.0 Å². The maximum Gasteiger partial charge on any atom is 0.294 e. The van der Waals surface area contributed by atoms with Gasteiger partial charge in [-0.05, 0) is 87.5 Å². The van der Waals surface area contributed by atoms with Crippen molar-refractivity contribution in [3.05, 3.63) is 70.1 Å². The van der Waals surface area contributed by atoms with E-state index in [0.717, 1.165) is 21.7 Å². The average Bonchev–Trinajstić information content (AvgIpc) is 3.03. The van der Waals surface area contributed by atoms with Crippen molar-refractivity contribution >= 4 is 51.8 Å². The summed E-state index contributed by atoms with van der Waals surface area (Å²) in [5.41, 5.74) is 2.89. The topological polar surface area (TPSA) is 69.7 Å². The molecule has 1 saturated heterocycles. The number of thioether (sulfide) groups is 1. The lowest BCUT2D eigenvalue weighted by atomic mass is 9.88. The first kappa shape index (κ1) is 24.7. The molecule has 3 amide bonds. The molecule has 0 unspecified atom stereocenters. The van der Waals surface area contributed by atoms with E-state index in [1.165, 1.54) is 36.4 Å². The van der Waals surface area contributed by atoms with Crippen molar-refractivity contribution in [2.75, 3.05) is 23.3 Å². The van der Waals surface area contributed by atoms with Gasteiger partial charge >= 0.3 is 0 Å². The third-order valence-corrected chi connectivity index (χ3v) is 6.91. The van der Waals surface area contributed by atoms with E-state index in [2.05, 4.69) is 30.1 Å². The Morgan fingerprint density at radius 2 is 1.83 bits per heavy atom. The summed E-state index contributed by atoms with van der Waals surface area (Å²) in [4.78, 5) is 40.5. The highest BCUT2D eigenvalue weighted by molar-refractivity contribution is 8.18. The van der Waals surface area contributed by atoms with E-state index in [1.54, 1.807) is 6.07 Å². The number of nitrogens with zero attached hydrogens (tertiary/aromatic N) is 2. The Balaban J connectivity index is 1.56. The van der Waals surface area contributed by atoms with E-state index in [0.29, 0.717) is 24.0 Å². The monoisotopic (exact) mass is 497 g/mol. The largest absolute Gasteiger partial charge is 0.363 e. The Bertz CT molecular complexity index is 1290. The van der Waals surface area contributed by atoms with E-state index in [4.69, 9.17) is 0 Å². The second-order valence-electron chi connectivity index (χ2n) is 8.94. The molecule has 2 heterocycles. The Morgan fingerprint density at radius 3 is 2.49 bits per heavy atom. The second kappa shape index (κ2) is 9.30. The summed E-state index contributed by atoms with van der Waals surface area (Å²) in [5.74, 6) is -2.24. The number of hydrogen-bond acceptors (Lipinski definition) is 5. The molecule has 2 aliphatic heterocycles. The highest BCUT2D eigenvalue weighted by atomic mass is 32.2. The lowest BCUT2D eigenvalue weighted by Gasteiger charge is -2.42. The number of allylic oxidation sites excluding steroid dienone is 1. The lowest BCUT2D eigenvalue weighted by molar-refractivity contribution is -0.127. The Labute approximate surface area is 206 Å². The molecule has 0 spiro atoms. The van der Waals surface area contributed by atoms with Crippen molar-refractivity contribution in [2.24, 2.45) is 0 Å². The third kappa shape index (κ3) is 4.86. The highest BCUT2D eigenvalue weighted by Crippen LogP contribution is 2.41. The first-order chi connectivity index (χ1) is 16.5. The van der Waals surface area contributed by atoms with E-state index < -0.39 is 35.2 Å². The fourth-order valence-corrected chi connectivity index (χ4v) is 5.29. The van der Waals surface area contributed by atoms with Crippen LogP contribution >= 0.6 is 11.8 Å². The number of benzene rings is 2. The van der Waals surface area contributed by atoms with Gasteiger partial charge in [0.05, 0.1) is 10.4 Å². The van der Waals surface area contributed by atoms with Gasteiger partial charge in [0.25, 0.3) is 11.1 Å². The number of rotatable bonds is 5. The second-order valence-corrected chi connectivity index (χ2v) is 9.93. The van der Waals surface area contributed by atoms with Gasteiger partial charge in [0.15, 0.2) is 0 Å². The molecule has 0 aliphatic carbocycles. The van der Waals surface area contributed by atoms with Crippen LogP contribution in [0.3, 0.4) is 0 Å². The zero-order chi connectivity index (χ0) is 25.5. The van der Waals surface area contributed by atoms with Crippen molar-refractivity contribution in [3.8, 4) is 0 Å². The van der Waals surface area contributed by atoms with E-state index >= 15 is 4.39 Å². The van der Waals surface area contributed by atoms with Crippen molar-refractivity contribution in [3.63, 3.8) is 0 Å². The van der Waals surface area contributed by atoms with Gasteiger partial charge in [0.1, 0.15) is 18.2 Å². The number of carbonyl (C=O) groups excluding carboxylic acids is 3. The summed E-state index contributed by atoms with van der Waals surface area (Å²) in [5, 5.41) is 1.89. The summed E-state index contributed by atoms with van der Waals surface area (Å²) < 4.78 is 28.2. The molecular weight excluding hydrogens is 472 g/mol. The molecule has 9 heteroatoms. The molecule has 0 bridgehead atoms. The minimum atomic E-state index is -0.671. The zero-order valence-corrected chi connectivity index (χ0v) is 20.6. The zero-order valence-electron chi connectivity index (χ0n) is 19.8. The van der Waals surface area contributed by atoms with Crippen LogP contribution in [0.25, 0.3) is 11.6 Å². The van der Waals surface area contributed by atoms with Gasteiger partial charge in [-0.2, -0.15) is 0 Å². The molecule has 0 radical (unpaired) electrons. The highest BCUT2D eigenvalue weighted by Gasteiger charge is 2.37. The number of carbonyl (C=O) groups is 3. The van der Waals surface area contributed by atoms with Crippen LogP contribution in [0.5, 0.6) is 0 Å². The van der Waals surface area contributed by atoms with Crippen LogP contribution in [0.15, 0.2) is 47.4 Å². The number of hydrogen-bond donors (Lipinski definition) is 1. The number of nitrogens with one attached hydrogen (secondary N) is 1. The molecule has 2 aliphatic rings. The predicted molar refractivity (Wildman–Crippen MR) is 135 cm³/mol. The van der Waals surface area contributed by atoms with Crippen LogP contribution < -0.4 is 10.2 Å². The fraction of sp³-hybridized carbons (Fsp3) is 0.269. The summed E-state index contributed by atoms with van der Waals surface area (Å²) in [7, 11) is 0. The summed E-state index contributed by atoms with van der Waals surface area (Å²) in [6.45, 7) is 8.29. The molecule has 0 saturated carbocycles. The van der Waals surface area contributed by atoms with Gasteiger partial charge in [-0.3, -0.25) is 19.3 Å². The molecule has 4 rings (SSSR count). The minimum Gasteiger partial charge on any atom is -0.363 e. The van der Waals surface area contributed by atoms with E-state index in [-0.39, 0.29) is 16.0 Å². The van der Waals surface area contributed by atoms with Crippen molar-refractivity contribution in [1.82, 2.24) is 4.90 Å². The Hall–Kier alpha value is -3.46. The number of likely N-dealkylation sites (N-methyl/N-ethyl adjacent to an activating group) is 1. The van der Waals surface area contributed by atoms with Crippen LogP contribution in [-0.4, -0.2) is 40.6 Å². The number of anilines is 2. The number of fused-ring (bicyclic) bond motifs is 1. The minimum absolute atomic E-state index is 0.0357. The summed E-state index contributed by atoms with van der Waals surface area (Å²) in [6, 6.07) is 8.26. The van der Waals surface area contributed by atoms with E-state index in [9.17, 15) is 18.8 Å². The van der Waals surface area contributed by atoms with Crippen LogP contribution in [0.4, 0.5) is 25.0 Å². The van der Waals surface area contributed by atoms with Gasteiger partial charge in [0.2, 0.25) is 5.91 Å². The quantitative estimate of drug-likeness (QED) is 0.540. The Morgan fingerprint density at radius 1 is 1.14 bits per heavy atom. The van der Waals surface area contributed by atoms with Crippen LogP contribution in [0.1, 0.15) is 38.8 Å². The predicted octanol–water partition coefficient (Wildman–Crippen LogP) is 5.66. The van der Waals surface area contributed by atoms with Crippen LogP contribution in [0.2, 0.25) is 0 Å². The first-order valence-corrected chi connectivity index (χ1v) is 11.9. The summed E-state index contributed by atoms with van der Waals surface area (Å²) >= 11 is 0.656. The molecule has 0 aromatic heterocycles. The summed E-state index contributed by atoms with van der Waals surface area (Å²) in [6.07, 6.45) is 3.47. The molecule has 2 aromatic carbocycles. The van der Waals surface area contributed by atoms with Gasteiger partial charge in [-0.15, -0.1) is 0 Å². The maximum atomic E-state index is 15.1. The number of imide groups is 1. The fourth-order valence-electron chi connectivity index (χ4n) is 4.46. The Kier molecular flexibility index (Phi) is 6.55. The van der Waals surface area contributed by atoms with Crippen LogP contribution in [-0.2, 0) is 9.59 Å². The average molecular weight is 498 g/mol. The molecule has 2 aromatic rings.